The number of nitrogens with one attached hydrogen (secondary N) is 1. The van der Waals surface area contributed by atoms with E-state index >= 15 is 0 Å². The summed E-state index contributed by atoms with van der Waals surface area (Å²) in [6.45, 7) is 2.03. The first-order valence-corrected chi connectivity index (χ1v) is 5.47. The molecule has 1 aromatic heterocycles. The zero-order valence-electron chi connectivity index (χ0n) is 9.87. The summed E-state index contributed by atoms with van der Waals surface area (Å²) < 4.78 is 26.1. The summed E-state index contributed by atoms with van der Waals surface area (Å²) >= 11 is 0. The van der Waals surface area contributed by atoms with Crippen LogP contribution in [0.5, 0.6) is 0 Å². The standard InChI is InChI=1S/C13H13F2N3/c1-8-12(16)4-5-13(18-8)17-7-9-2-3-10(14)6-11(9)15/h2-6H,7,16H2,1H3,(H,17,18). The molecule has 0 spiro atoms. The summed E-state index contributed by atoms with van der Waals surface area (Å²) in [4.78, 5) is 4.20. The Bertz CT molecular complexity index is 570. The normalized spacial score (nSPS) is 10.4. The van der Waals surface area contributed by atoms with Gasteiger partial charge < -0.3 is 11.1 Å². The van der Waals surface area contributed by atoms with Crippen molar-refractivity contribution in [1.82, 2.24) is 4.98 Å². The van der Waals surface area contributed by atoms with E-state index in [9.17, 15) is 8.78 Å². The van der Waals surface area contributed by atoms with Gasteiger partial charge >= 0.3 is 0 Å². The number of nitrogens with two attached hydrogens (primary N) is 1. The van der Waals surface area contributed by atoms with Crippen molar-refractivity contribution in [2.24, 2.45) is 0 Å². The number of nitrogens with zero attached hydrogens (tertiary/aromatic N) is 1. The van der Waals surface area contributed by atoms with E-state index in [0.29, 0.717) is 22.8 Å². The van der Waals surface area contributed by atoms with Crippen LogP contribution in [0.1, 0.15) is 11.3 Å². The van der Waals surface area contributed by atoms with Crippen LogP contribution in [0.4, 0.5) is 20.3 Å². The zero-order valence-corrected chi connectivity index (χ0v) is 9.87. The van der Waals surface area contributed by atoms with Gasteiger partial charge in [0.2, 0.25) is 0 Å². The molecule has 0 fully saturated rings. The second-order valence-electron chi connectivity index (χ2n) is 3.96. The minimum Gasteiger partial charge on any atom is -0.397 e. The van der Waals surface area contributed by atoms with Crippen LogP contribution in [0.25, 0.3) is 0 Å². The molecule has 0 unspecified atom stereocenters. The van der Waals surface area contributed by atoms with Crippen molar-refractivity contribution < 1.29 is 8.78 Å². The second-order valence-corrected chi connectivity index (χ2v) is 3.96. The largest absolute Gasteiger partial charge is 0.397 e. The van der Waals surface area contributed by atoms with Gasteiger partial charge in [-0.05, 0) is 25.1 Å². The minimum absolute atomic E-state index is 0.239. The quantitative estimate of drug-likeness (QED) is 0.879. The minimum atomic E-state index is -0.585. The highest BCUT2D eigenvalue weighted by molar-refractivity contribution is 5.49. The molecule has 2 rings (SSSR count). The SMILES string of the molecule is Cc1nc(NCc2ccc(F)cc2F)ccc1N. The summed E-state index contributed by atoms with van der Waals surface area (Å²) in [5, 5.41) is 2.96. The van der Waals surface area contributed by atoms with E-state index in [2.05, 4.69) is 10.3 Å². The second kappa shape index (κ2) is 5.00. The van der Waals surface area contributed by atoms with Crippen molar-refractivity contribution in [3.05, 3.63) is 53.2 Å². The predicted molar refractivity (Wildman–Crippen MR) is 67.1 cm³/mol. The Balaban J connectivity index is 2.09. The lowest BCUT2D eigenvalue weighted by Gasteiger charge is -2.08. The van der Waals surface area contributed by atoms with Gasteiger partial charge in [0.25, 0.3) is 0 Å². The molecular formula is C13H13F2N3. The summed E-state index contributed by atoms with van der Waals surface area (Å²) in [7, 11) is 0. The number of pyridine rings is 1. The summed E-state index contributed by atoms with van der Waals surface area (Å²) in [5.74, 6) is -0.558. The number of rotatable bonds is 3. The Labute approximate surface area is 104 Å². The first-order chi connectivity index (χ1) is 8.56. The van der Waals surface area contributed by atoms with Crippen LogP contribution in [0.15, 0.2) is 30.3 Å². The fourth-order valence-corrected chi connectivity index (χ4v) is 1.52. The number of aryl methyl sites for hydroxylation is 1. The van der Waals surface area contributed by atoms with Gasteiger partial charge in [-0.1, -0.05) is 6.07 Å². The summed E-state index contributed by atoms with van der Waals surface area (Å²) in [6.07, 6.45) is 0. The van der Waals surface area contributed by atoms with Crippen molar-refractivity contribution in [2.45, 2.75) is 13.5 Å². The molecule has 0 saturated heterocycles. The maximum atomic E-state index is 13.4. The lowest BCUT2D eigenvalue weighted by Crippen LogP contribution is -2.05. The Morgan fingerprint density at radius 2 is 2.00 bits per heavy atom. The van der Waals surface area contributed by atoms with Crippen LogP contribution < -0.4 is 11.1 Å². The molecule has 0 aliphatic rings. The third-order valence-corrected chi connectivity index (χ3v) is 2.60. The monoisotopic (exact) mass is 249 g/mol. The highest BCUT2D eigenvalue weighted by Gasteiger charge is 2.04. The molecule has 0 aliphatic heterocycles. The molecule has 0 atom stereocenters. The third-order valence-electron chi connectivity index (χ3n) is 2.60. The van der Waals surface area contributed by atoms with E-state index in [-0.39, 0.29) is 6.54 Å². The topological polar surface area (TPSA) is 50.9 Å². The van der Waals surface area contributed by atoms with Gasteiger partial charge in [0, 0.05) is 18.2 Å². The molecule has 1 heterocycles. The third kappa shape index (κ3) is 2.74. The highest BCUT2D eigenvalue weighted by Crippen LogP contribution is 2.14. The van der Waals surface area contributed by atoms with E-state index in [0.717, 1.165) is 6.07 Å². The summed E-state index contributed by atoms with van der Waals surface area (Å²) in [6, 6.07) is 6.93. The van der Waals surface area contributed by atoms with Gasteiger partial charge in [-0.25, -0.2) is 13.8 Å². The van der Waals surface area contributed by atoms with Crippen LogP contribution in [-0.2, 0) is 6.54 Å². The summed E-state index contributed by atoms with van der Waals surface area (Å²) in [5.41, 5.74) is 7.34. The first kappa shape index (κ1) is 12.3. The van der Waals surface area contributed by atoms with Gasteiger partial charge in [0.1, 0.15) is 17.5 Å². The van der Waals surface area contributed by atoms with Gasteiger partial charge in [0.05, 0.1) is 11.4 Å². The van der Waals surface area contributed by atoms with Gasteiger partial charge in [-0.2, -0.15) is 0 Å². The molecule has 2 aromatic rings. The highest BCUT2D eigenvalue weighted by atomic mass is 19.1. The molecular weight excluding hydrogens is 236 g/mol. The van der Waals surface area contributed by atoms with E-state index < -0.39 is 11.6 Å². The number of aromatic nitrogens is 1. The average molecular weight is 249 g/mol. The van der Waals surface area contributed by atoms with Gasteiger partial charge in [-0.15, -0.1) is 0 Å². The Kier molecular flexibility index (Phi) is 3.41. The molecule has 18 heavy (non-hydrogen) atoms. The smallest absolute Gasteiger partial charge is 0.131 e. The van der Waals surface area contributed by atoms with Crippen molar-refractivity contribution in [3.63, 3.8) is 0 Å². The van der Waals surface area contributed by atoms with Gasteiger partial charge in [-0.3, -0.25) is 0 Å². The van der Waals surface area contributed by atoms with Crippen LogP contribution in [0, 0.1) is 18.6 Å². The first-order valence-electron chi connectivity index (χ1n) is 5.47. The van der Waals surface area contributed by atoms with E-state index in [4.69, 9.17) is 5.73 Å². The number of anilines is 2. The van der Waals surface area contributed by atoms with Crippen molar-refractivity contribution >= 4 is 11.5 Å². The van der Waals surface area contributed by atoms with Crippen LogP contribution in [0.2, 0.25) is 0 Å². The van der Waals surface area contributed by atoms with E-state index in [1.165, 1.54) is 12.1 Å². The Morgan fingerprint density at radius 3 is 2.67 bits per heavy atom. The molecule has 0 bridgehead atoms. The molecule has 3 nitrogen and oxygen atoms in total. The van der Waals surface area contributed by atoms with Crippen LogP contribution in [0.3, 0.4) is 0 Å². The number of hydrogen-bond donors (Lipinski definition) is 2. The molecule has 0 aliphatic carbocycles. The molecule has 94 valence electrons. The Hall–Kier alpha value is -2.17. The zero-order chi connectivity index (χ0) is 13.1. The van der Waals surface area contributed by atoms with Crippen molar-refractivity contribution in [3.8, 4) is 0 Å². The van der Waals surface area contributed by atoms with Crippen LogP contribution in [-0.4, -0.2) is 4.98 Å². The van der Waals surface area contributed by atoms with Gasteiger partial charge in [0.15, 0.2) is 0 Å². The Morgan fingerprint density at radius 1 is 1.22 bits per heavy atom. The molecule has 1 aromatic carbocycles. The number of halogens is 2. The van der Waals surface area contributed by atoms with E-state index in [1.807, 2.05) is 0 Å². The van der Waals surface area contributed by atoms with E-state index in [1.54, 1.807) is 19.1 Å². The maximum Gasteiger partial charge on any atom is 0.131 e. The molecule has 0 radical (unpaired) electrons. The van der Waals surface area contributed by atoms with Crippen molar-refractivity contribution in [2.75, 3.05) is 11.1 Å². The fourth-order valence-electron chi connectivity index (χ4n) is 1.52. The molecule has 5 heteroatoms. The number of nitrogen functional groups attached to an aromatic ring is 1. The predicted octanol–water partition coefficient (Wildman–Crippen LogP) is 2.86. The van der Waals surface area contributed by atoms with Crippen molar-refractivity contribution in [1.29, 1.82) is 0 Å². The van der Waals surface area contributed by atoms with Crippen LogP contribution >= 0.6 is 0 Å². The molecule has 0 amide bonds. The molecule has 3 N–H and O–H groups in total. The fraction of sp³-hybridized carbons (Fsp3) is 0.154. The number of benzene rings is 1. The average Bonchev–Trinajstić information content (AvgIpc) is 2.32. The number of hydrogen-bond acceptors (Lipinski definition) is 3. The molecule has 0 saturated carbocycles. The lowest BCUT2D eigenvalue weighted by molar-refractivity contribution is 0.574. The lowest BCUT2D eigenvalue weighted by atomic mass is 10.2. The maximum absolute atomic E-state index is 13.4.